The highest BCUT2D eigenvalue weighted by molar-refractivity contribution is 5.90. The van der Waals surface area contributed by atoms with Gasteiger partial charge in [0.2, 0.25) is 0 Å². The molecule has 2 aromatic rings. The van der Waals surface area contributed by atoms with Crippen LogP contribution in [0.15, 0.2) is 35.1 Å². The average molecular weight is 331 g/mol. The van der Waals surface area contributed by atoms with Crippen LogP contribution >= 0.6 is 0 Å². The molecule has 0 aliphatic carbocycles. The fourth-order valence-corrected chi connectivity index (χ4v) is 2.16. The highest BCUT2D eigenvalue weighted by atomic mass is 16.6. The summed E-state index contributed by atoms with van der Waals surface area (Å²) in [4.78, 5) is 34.5. The van der Waals surface area contributed by atoms with Crippen molar-refractivity contribution >= 4 is 11.7 Å². The van der Waals surface area contributed by atoms with Crippen molar-refractivity contribution in [2.45, 2.75) is 26.8 Å². The Morgan fingerprint density at radius 2 is 1.96 bits per heavy atom. The molecule has 0 saturated carbocycles. The number of benzene rings is 1. The summed E-state index contributed by atoms with van der Waals surface area (Å²) >= 11 is 0. The summed E-state index contributed by atoms with van der Waals surface area (Å²) < 4.78 is 6.13. The third-order valence-electron chi connectivity index (χ3n) is 3.28. The van der Waals surface area contributed by atoms with Crippen LogP contribution in [0, 0.1) is 10.1 Å². The molecule has 0 amide bonds. The monoisotopic (exact) mass is 331 g/mol. The minimum atomic E-state index is -0.710. The Balaban J connectivity index is 2.54. The van der Waals surface area contributed by atoms with Crippen molar-refractivity contribution < 1.29 is 14.5 Å². The topological polar surface area (TPSA) is 104 Å². The van der Waals surface area contributed by atoms with Crippen molar-refractivity contribution in [1.82, 2.24) is 9.78 Å². The molecule has 0 N–H and O–H groups in total. The van der Waals surface area contributed by atoms with Gasteiger partial charge < -0.3 is 4.74 Å². The number of aryl methyl sites for hydroxylation is 1. The predicted octanol–water partition coefficient (Wildman–Crippen LogP) is 2.41. The minimum absolute atomic E-state index is 0.0498. The average Bonchev–Trinajstić information content (AvgIpc) is 2.57. The first-order valence-electron chi connectivity index (χ1n) is 7.52. The van der Waals surface area contributed by atoms with E-state index in [0.717, 1.165) is 0 Å². The second-order valence-electron chi connectivity index (χ2n) is 5.00. The zero-order valence-corrected chi connectivity index (χ0v) is 13.4. The molecule has 0 aliphatic rings. The number of nitro groups is 1. The lowest BCUT2D eigenvalue weighted by Gasteiger charge is -2.09. The number of rotatable bonds is 6. The molecule has 0 bridgehead atoms. The first kappa shape index (κ1) is 17.3. The van der Waals surface area contributed by atoms with Gasteiger partial charge in [-0.05, 0) is 31.5 Å². The zero-order valence-electron chi connectivity index (χ0n) is 13.4. The molecule has 0 fully saturated rings. The second kappa shape index (κ2) is 7.49. The summed E-state index contributed by atoms with van der Waals surface area (Å²) in [5.74, 6) is -0.710. The first-order chi connectivity index (χ1) is 11.5. The Bertz CT molecular complexity index is 811. The molecule has 126 valence electrons. The molecule has 2 rings (SSSR count). The summed E-state index contributed by atoms with van der Waals surface area (Å²) in [6.07, 6.45) is 0.666. The van der Waals surface area contributed by atoms with Crippen LogP contribution in [0.1, 0.15) is 30.6 Å². The van der Waals surface area contributed by atoms with Crippen molar-refractivity contribution in [3.8, 4) is 11.3 Å². The molecular formula is C16H17N3O5. The van der Waals surface area contributed by atoms with Crippen LogP contribution in [0.2, 0.25) is 0 Å². The zero-order chi connectivity index (χ0) is 17.7. The standard InChI is InChI=1S/C16H17N3O5/c1-3-9-18-15(20)13(16(21)24-4-2)10-14(17-18)11-5-7-12(8-6-11)19(22)23/h5-8,10H,3-4,9H2,1-2H3. The van der Waals surface area contributed by atoms with E-state index in [-0.39, 0.29) is 17.9 Å². The molecule has 0 radical (unpaired) electrons. The summed E-state index contributed by atoms with van der Waals surface area (Å²) in [6, 6.07) is 7.09. The number of esters is 1. The molecule has 0 saturated heterocycles. The number of nitro benzene ring substituents is 1. The molecule has 24 heavy (non-hydrogen) atoms. The van der Waals surface area contributed by atoms with Crippen molar-refractivity contribution in [2.75, 3.05) is 6.61 Å². The van der Waals surface area contributed by atoms with E-state index in [1.54, 1.807) is 6.92 Å². The van der Waals surface area contributed by atoms with Crippen LogP contribution in [0.4, 0.5) is 5.69 Å². The van der Waals surface area contributed by atoms with Gasteiger partial charge in [0.15, 0.2) is 0 Å². The summed E-state index contributed by atoms with van der Waals surface area (Å²) in [5.41, 5.74) is 0.276. The number of hydrogen-bond donors (Lipinski definition) is 0. The molecule has 8 nitrogen and oxygen atoms in total. The van der Waals surface area contributed by atoms with Crippen molar-refractivity contribution in [3.05, 3.63) is 56.4 Å². The maximum absolute atomic E-state index is 12.3. The van der Waals surface area contributed by atoms with Gasteiger partial charge in [-0.1, -0.05) is 6.92 Å². The van der Waals surface area contributed by atoms with E-state index in [4.69, 9.17) is 4.74 Å². The molecular weight excluding hydrogens is 314 g/mol. The van der Waals surface area contributed by atoms with E-state index in [9.17, 15) is 19.7 Å². The molecule has 0 spiro atoms. The molecule has 1 heterocycles. The number of ether oxygens (including phenoxy) is 1. The molecule has 0 unspecified atom stereocenters. The van der Waals surface area contributed by atoms with Crippen molar-refractivity contribution in [3.63, 3.8) is 0 Å². The van der Waals surface area contributed by atoms with Crippen LogP contribution in [-0.2, 0) is 11.3 Å². The lowest BCUT2D eigenvalue weighted by Crippen LogP contribution is -2.29. The number of nitrogens with zero attached hydrogens (tertiary/aromatic N) is 3. The Labute approximate surface area is 137 Å². The number of non-ortho nitro benzene ring substituents is 1. The van der Waals surface area contributed by atoms with Crippen molar-refractivity contribution in [1.29, 1.82) is 0 Å². The van der Waals surface area contributed by atoms with Crippen molar-refractivity contribution in [2.24, 2.45) is 0 Å². The smallest absolute Gasteiger partial charge is 0.343 e. The lowest BCUT2D eigenvalue weighted by atomic mass is 10.1. The van der Waals surface area contributed by atoms with Gasteiger partial charge in [0.25, 0.3) is 11.2 Å². The quantitative estimate of drug-likeness (QED) is 0.457. The first-order valence-corrected chi connectivity index (χ1v) is 7.52. The van der Waals surface area contributed by atoms with Gasteiger partial charge in [0, 0.05) is 24.2 Å². The van der Waals surface area contributed by atoms with Gasteiger partial charge in [-0.15, -0.1) is 0 Å². The summed E-state index contributed by atoms with van der Waals surface area (Å²) in [7, 11) is 0. The van der Waals surface area contributed by atoms with Gasteiger partial charge >= 0.3 is 5.97 Å². The summed E-state index contributed by atoms with van der Waals surface area (Å²) in [6.45, 7) is 4.05. The third kappa shape index (κ3) is 3.65. The fraction of sp³-hybridized carbons (Fsp3) is 0.312. The maximum atomic E-state index is 12.3. The highest BCUT2D eigenvalue weighted by Gasteiger charge is 2.17. The Morgan fingerprint density at radius 3 is 2.50 bits per heavy atom. The van der Waals surface area contributed by atoms with E-state index in [2.05, 4.69) is 5.10 Å². The molecule has 1 aromatic heterocycles. The normalized spacial score (nSPS) is 10.4. The van der Waals surface area contributed by atoms with Crippen LogP contribution in [0.5, 0.6) is 0 Å². The molecule has 0 aliphatic heterocycles. The number of hydrogen-bond acceptors (Lipinski definition) is 6. The predicted molar refractivity (Wildman–Crippen MR) is 86.8 cm³/mol. The van der Waals surface area contributed by atoms with Gasteiger partial charge in [-0.3, -0.25) is 14.9 Å². The van der Waals surface area contributed by atoms with Gasteiger partial charge in [0.1, 0.15) is 5.56 Å². The minimum Gasteiger partial charge on any atom is -0.462 e. The van der Waals surface area contributed by atoms with Crippen LogP contribution in [0.25, 0.3) is 11.3 Å². The van der Waals surface area contributed by atoms with Gasteiger partial charge in [-0.2, -0.15) is 5.10 Å². The van der Waals surface area contributed by atoms with E-state index < -0.39 is 16.5 Å². The molecule has 1 aromatic carbocycles. The third-order valence-corrected chi connectivity index (χ3v) is 3.28. The van der Waals surface area contributed by atoms with E-state index >= 15 is 0 Å². The second-order valence-corrected chi connectivity index (χ2v) is 5.00. The maximum Gasteiger partial charge on any atom is 0.343 e. The fourth-order valence-electron chi connectivity index (χ4n) is 2.16. The van der Waals surface area contributed by atoms with Crippen LogP contribution < -0.4 is 5.56 Å². The Hall–Kier alpha value is -3.03. The van der Waals surface area contributed by atoms with E-state index in [0.29, 0.717) is 24.2 Å². The van der Waals surface area contributed by atoms with E-state index in [1.807, 2.05) is 6.92 Å². The largest absolute Gasteiger partial charge is 0.462 e. The van der Waals surface area contributed by atoms with Crippen LogP contribution in [-0.4, -0.2) is 27.3 Å². The molecule has 8 heteroatoms. The Morgan fingerprint density at radius 1 is 1.29 bits per heavy atom. The van der Waals surface area contributed by atoms with Gasteiger partial charge in [0.05, 0.1) is 17.2 Å². The highest BCUT2D eigenvalue weighted by Crippen LogP contribution is 2.20. The number of aromatic nitrogens is 2. The van der Waals surface area contributed by atoms with E-state index in [1.165, 1.54) is 35.0 Å². The number of carbonyl (C=O) groups is 1. The summed E-state index contributed by atoms with van der Waals surface area (Å²) in [5, 5.41) is 15.0. The number of carbonyl (C=O) groups excluding carboxylic acids is 1. The SMILES string of the molecule is CCCn1nc(-c2ccc([N+](=O)[O-])cc2)cc(C(=O)OCC)c1=O. The lowest BCUT2D eigenvalue weighted by molar-refractivity contribution is -0.384. The van der Waals surface area contributed by atoms with Gasteiger partial charge in [-0.25, -0.2) is 9.48 Å². The van der Waals surface area contributed by atoms with Crippen LogP contribution in [0.3, 0.4) is 0 Å². The Kier molecular flexibility index (Phi) is 5.41. The molecule has 0 atom stereocenters.